The number of benzene rings is 1. The summed E-state index contributed by atoms with van der Waals surface area (Å²) in [4.78, 5) is 33.9. The van der Waals surface area contributed by atoms with Gasteiger partial charge < -0.3 is 20.6 Å². The third-order valence-electron chi connectivity index (χ3n) is 4.67. The lowest BCUT2D eigenvalue weighted by atomic mass is 9.99. The average molecular weight is 393 g/mol. The van der Waals surface area contributed by atoms with Crippen LogP contribution in [0.1, 0.15) is 102 Å². The second-order valence-corrected chi connectivity index (χ2v) is 6.97. The molecule has 156 valence electrons. The summed E-state index contributed by atoms with van der Waals surface area (Å²) < 4.78 is 0. The van der Waals surface area contributed by atoms with Crippen LogP contribution in [-0.2, 0) is 0 Å². The standard InChI is InChI=1S/C21H31NO6/c1-2-3-4-5-6-7-8-9-10-11-12-22-15-13-16(19(23)24)18(21(27)28)17(14-15)20(25)26/h13-14,22H,2-12H2,1H3,(H,23,24)(H,25,26)(H,27,28). The van der Waals surface area contributed by atoms with Crippen LogP contribution in [0, 0.1) is 0 Å². The highest BCUT2D eigenvalue weighted by molar-refractivity contribution is 6.10. The predicted molar refractivity (Wildman–Crippen MR) is 108 cm³/mol. The molecule has 0 aliphatic rings. The molecule has 28 heavy (non-hydrogen) atoms. The highest BCUT2D eigenvalue weighted by Gasteiger charge is 2.25. The van der Waals surface area contributed by atoms with E-state index in [1.54, 1.807) is 0 Å². The summed E-state index contributed by atoms with van der Waals surface area (Å²) in [6, 6.07) is 2.35. The molecule has 0 unspecified atom stereocenters. The van der Waals surface area contributed by atoms with Gasteiger partial charge in [0.25, 0.3) is 0 Å². The molecule has 7 heteroatoms. The molecule has 1 aromatic carbocycles. The Hall–Kier alpha value is -2.57. The minimum Gasteiger partial charge on any atom is -0.478 e. The zero-order valence-corrected chi connectivity index (χ0v) is 16.5. The van der Waals surface area contributed by atoms with Crippen LogP contribution in [-0.4, -0.2) is 39.8 Å². The van der Waals surface area contributed by atoms with Crippen molar-refractivity contribution in [2.24, 2.45) is 0 Å². The number of unbranched alkanes of at least 4 members (excludes halogenated alkanes) is 9. The van der Waals surface area contributed by atoms with E-state index in [0.717, 1.165) is 19.3 Å². The molecular formula is C21H31NO6. The fourth-order valence-corrected chi connectivity index (χ4v) is 3.16. The summed E-state index contributed by atoms with van der Waals surface area (Å²) in [5.41, 5.74) is -1.46. The van der Waals surface area contributed by atoms with Gasteiger partial charge in [0.1, 0.15) is 0 Å². The van der Waals surface area contributed by atoms with Crippen LogP contribution in [0.25, 0.3) is 0 Å². The highest BCUT2D eigenvalue weighted by Crippen LogP contribution is 2.22. The van der Waals surface area contributed by atoms with E-state index in [1.807, 2.05) is 0 Å². The highest BCUT2D eigenvalue weighted by atomic mass is 16.4. The largest absolute Gasteiger partial charge is 0.478 e. The first-order valence-corrected chi connectivity index (χ1v) is 10.00. The van der Waals surface area contributed by atoms with Gasteiger partial charge in [-0.1, -0.05) is 64.7 Å². The van der Waals surface area contributed by atoms with E-state index in [4.69, 9.17) is 5.11 Å². The van der Waals surface area contributed by atoms with Crippen LogP contribution < -0.4 is 5.32 Å². The molecule has 0 fully saturated rings. The Balaban J connectivity index is 2.47. The minimum atomic E-state index is -1.57. The normalized spacial score (nSPS) is 10.6. The van der Waals surface area contributed by atoms with Gasteiger partial charge in [0.15, 0.2) is 0 Å². The van der Waals surface area contributed by atoms with Crippen molar-refractivity contribution in [1.82, 2.24) is 0 Å². The van der Waals surface area contributed by atoms with Crippen LogP contribution in [0.4, 0.5) is 5.69 Å². The molecule has 0 spiro atoms. The lowest BCUT2D eigenvalue weighted by Crippen LogP contribution is -2.16. The molecule has 0 heterocycles. The van der Waals surface area contributed by atoms with Crippen molar-refractivity contribution in [2.75, 3.05) is 11.9 Å². The molecule has 4 N–H and O–H groups in total. The quantitative estimate of drug-likeness (QED) is 0.305. The minimum absolute atomic E-state index is 0.302. The summed E-state index contributed by atoms with van der Waals surface area (Å²) in [6.45, 7) is 2.78. The first-order valence-electron chi connectivity index (χ1n) is 10.00. The maximum absolute atomic E-state index is 11.3. The lowest BCUT2D eigenvalue weighted by molar-refractivity contribution is 0.0633. The molecule has 1 aromatic rings. The number of aromatic carboxylic acids is 3. The van der Waals surface area contributed by atoms with E-state index in [9.17, 15) is 24.6 Å². The Bertz CT molecular complexity index is 636. The number of rotatable bonds is 15. The lowest BCUT2D eigenvalue weighted by Gasteiger charge is -2.12. The molecule has 0 amide bonds. The molecule has 0 aliphatic heterocycles. The van der Waals surface area contributed by atoms with Crippen molar-refractivity contribution in [3.63, 3.8) is 0 Å². The number of anilines is 1. The van der Waals surface area contributed by atoms with Crippen molar-refractivity contribution in [3.8, 4) is 0 Å². The molecule has 0 saturated carbocycles. The third-order valence-corrected chi connectivity index (χ3v) is 4.67. The number of nitrogens with one attached hydrogen (secondary N) is 1. The Morgan fingerprint density at radius 3 is 1.54 bits per heavy atom. The Labute approximate surface area is 165 Å². The maximum Gasteiger partial charge on any atom is 0.337 e. The molecule has 0 bridgehead atoms. The molecule has 0 radical (unpaired) electrons. The van der Waals surface area contributed by atoms with Crippen molar-refractivity contribution >= 4 is 23.6 Å². The SMILES string of the molecule is CCCCCCCCCCCCNc1cc(C(=O)O)c(C(=O)O)c(C(=O)O)c1. The monoisotopic (exact) mass is 393 g/mol. The number of hydrogen-bond donors (Lipinski definition) is 4. The van der Waals surface area contributed by atoms with Crippen molar-refractivity contribution in [1.29, 1.82) is 0 Å². The van der Waals surface area contributed by atoms with Gasteiger partial charge in [-0.3, -0.25) is 0 Å². The van der Waals surface area contributed by atoms with Gasteiger partial charge in [-0.05, 0) is 18.6 Å². The second-order valence-electron chi connectivity index (χ2n) is 6.97. The van der Waals surface area contributed by atoms with Crippen molar-refractivity contribution in [3.05, 3.63) is 28.8 Å². The van der Waals surface area contributed by atoms with Crippen molar-refractivity contribution in [2.45, 2.75) is 71.1 Å². The van der Waals surface area contributed by atoms with E-state index in [1.165, 1.54) is 57.1 Å². The average Bonchev–Trinajstić information content (AvgIpc) is 2.65. The topological polar surface area (TPSA) is 124 Å². The molecule has 0 aromatic heterocycles. The molecule has 0 saturated heterocycles. The summed E-state index contributed by atoms with van der Waals surface area (Å²) >= 11 is 0. The van der Waals surface area contributed by atoms with Crippen LogP contribution in [0.3, 0.4) is 0 Å². The van der Waals surface area contributed by atoms with Gasteiger partial charge in [0.05, 0.1) is 16.7 Å². The Morgan fingerprint density at radius 1 is 0.714 bits per heavy atom. The summed E-state index contributed by atoms with van der Waals surface area (Å²) in [5, 5.41) is 30.6. The second kappa shape index (κ2) is 12.8. The van der Waals surface area contributed by atoms with E-state index < -0.39 is 34.6 Å². The molecular weight excluding hydrogens is 362 g/mol. The van der Waals surface area contributed by atoms with Gasteiger partial charge in [-0.2, -0.15) is 0 Å². The molecule has 0 aliphatic carbocycles. The fraction of sp³-hybridized carbons (Fsp3) is 0.571. The molecule has 7 nitrogen and oxygen atoms in total. The van der Waals surface area contributed by atoms with Crippen LogP contribution in [0.5, 0.6) is 0 Å². The molecule has 1 rings (SSSR count). The van der Waals surface area contributed by atoms with E-state index in [-0.39, 0.29) is 0 Å². The summed E-state index contributed by atoms with van der Waals surface area (Å²) in [6.07, 6.45) is 12.0. The third kappa shape index (κ3) is 7.98. The smallest absolute Gasteiger partial charge is 0.337 e. The Morgan fingerprint density at radius 2 is 1.14 bits per heavy atom. The fourth-order valence-electron chi connectivity index (χ4n) is 3.16. The van der Waals surface area contributed by atoms with Gasteiger partial charge in [-0.15, -0.1) is 0 Å². The predicted octanol–water partition coefficient (Wildman–Crippen LogP) is 5.11. The van der Waals surface area contributed by atoms with Crippen molar-refractivity contribution < 1.29 is 29.7 Å². The zero-order valence-electron chi connectivity index (χ0n) is 16.5. The maximum atomic E-state index is 11.3. The number of hydrogen-bond acceptors (Lipinski definition) is 4. The van der Waals surface area contributed by atoms with Gasteiger partial charge >= 0.3 is 17.9 Å². The molecule has 0 atom stereocenters. The summed E-state index contributed by atoms with van der Waals surface area (Å²) in [5.74, 6) is -4.51. The number of carbonyl (C=O) groups is 3. The number of carboxylic acids is 3. The number of carboxylic acid groups (broad SMARTS) is 3. The summed E-state index contributed by atoms with van der Waals surface area (Å²) in [7, 11) is 0. The van der Waals surface area contributed by atoms with E-state index in [2.05, 4.69) is 12.2 Å². The van der Waals surface area contributed by atoms with Gasteiger partial charge in [0.2, 0.25) is 0 Å². The van der Waals surface area contributed by atoms with Crippen LogP contribution in [0.15, 0.2) is 12.1 Å². The van der Waals surface area contributed by atoms with E-state index in [0.29, 0.717) is 12.2 Å². The van der Waals surface area contributed by atoms with Crippen LogP contribution >= 0.6 is 0 Å². The van der Waals surface area contributed by atoms with E-state index >= 15 is 0 Å². The first-order chi connectivity index (χ1) is 13.4. The van der Waals surface area contributed by atoms with Crippen LogP contribution in [0.2, 0.25) is 0 Å². The zero-order chi connectivity index (χ0) is 20.9. The Kier molecular flexibility index (Phi) is 10.7. The van der Waals surface area contributed by atoms with Gasteiger partial charge in [-0.25, -0.2) is 14.4 Å². The first kappa shape index (κ1) is 23.5. The van der Waals surface area contributed by atoms with Gasteiger partial charge in [0, 0.05) is 12.2 Å².